The summed E-state index contributed by atoms with van der Waals surface area (Å²) in [5.74, 6) is -0.884. The Hall–Kier alpha value is -2.36. The van der Waals surface area contributed by atoms with Gasteiger partial charge in [-0.25, -0.2) is 12.8 Å². The van der Waals surface area contributed by atoms with Crippen molar-refractivity contribution in [3.63, 3.8) is 0 Å². The lowest BCUT2D eigenvalue weighted by atomic mass is 10.2. The Morgan fingerprint density at radius 1 is 1.06 bits per heavy atom. The van der Waals surface area contributed by atoms with Crippen molar-refractivity contribution in [3.05, 3.63) is 58.6 Å². The van der Waals surface area contributed by atoms with E-state index in [1.54, 1.807) is 23.7 Å². The highest BCUT2D eigenvalue weighted by Crippen LogP contribution is 2.20. The molecule has 0 saturated carbocycles. The van der Waals surface area contributed by atoms with Crippen molar-refractivity contribution in [3.8, 4) is 0 Å². The number of sulfonamides is 1. The number of hydrogen-bond donors (Lipinski definition) is 0. The molecular weight excluding hydrogens is 449 g/mol. The van der Waals surface area contributed by atoms with Gasteiger partial charge in [0.2, 0.25) is 10.0 Å². The molecule has 0 bridgehead atoms. The van der Waals surface area contributed by atoms with Crippen molar-refractivity contribution in [2.24, 2.45) is 12.0 Å². The topological polar surface area (TPSA) is 71.7 Å². The van der Waals surface area contributed by atoms with Crippen LogP contribution in [0.2, 0.25) is 0 Å². The number of aromatic nitrogens is 1. The minimum atomic E-state index is -3.63. The molecular formula is C23H28FN3O3S2. The van der Waals surface area contributed by atoms with Crippen molar-refractivity contribution in [2.75, 3.05) is 13.1 Å². The third-order valence-electron chi connectivity index (χ3n) is 5.23. The summed E-state index contributed by atoms with van der Waals surface area (Å²) >= 11 is 1.22. The Labute approximate surface area is 192 Å². The fourth-order valence-corrected chi connectivity index (χ4v) is 5.90. The molecule has 1 heterocycles. The van der Waals surface area contributed by atoms with Gasteiger partial charge in [0, 0.05) is 25.7 Å². The molecule has 2 aromatic carbocycles. The summed E-state index contributed by atoms with van der Waals surface area (Å²) in [6, 6.07) is 10.6. The lowest BCUT2D eigenvalue weighted by Crippen LogP contribution is -2.33. The monoisotopic (exact) mass is 477 g/mol. The van der Waals surface area contributed by atoms with Gasteiger partial charge in [-0.1, -0.05) is 44.1 Å². The highest BCUT2D eigenvalue weighted by molar-refractivity contribution is 7.89. The zero-order valence-electron chi connectivity index (χ0n) is 18.5. The van der Waals surface area contributed by atoms with Gasteiger partial charge in [0.05, 0.1) is 15.1 Å². The van der Waals surface area contributed by atoms with Gasteiger partial charge in [-0.05, 0) is 49.2 Å². The van der Waals surface area contributed by atoms with Crippen LogP contribution in [0.5, 0.6) is 0 Å². The summed E-state index contributed by atoms with van der Waals surface area (Å²) in [7, 11) is -1.97. The molecule has 0 aliphatic heterocycles. The van der Waals surface area contributed by atoms with Crippen LogP contribution >= 0.6 is 11.3 Å². The Morgan fingerprint density at radius 2 is 1.69 bits per heavy atom. The van der Waals surface area contributed by atoms with E-state index in [0.717, 1.165) is 25.7 Å². The number of unbranched alkanes of at least 4 members (excludes halogenated alkanes) is 2. The minimum absolute atomic E-state index is 0.163. The Morgan fingerprint density at radius 3 is 2.25 bits per heavy atom. The number of amides is 1. The summed E-state index contributed by atoms with van der Waals surface area (Å²) in [5, 5.41) is 0. The van der Waals surface area contributed by atoms with Crippen molar-refractivity contribution in [1.82, 2.24) is 8.87 Å². The molecule has 32 heavy (non-hydrogen) atoms. The van der Waals surface area contributed by atoms with Gasteiger partial charge in [-0.2, -0.15) is 9.30 Å². The van der Waals surface area contributed by atoms with E-state index in [-0.39, 0.29) is 16.3 Å². The third kappa shape index (κ3) is 5.16. The van der Waals surface area contributed by atoms with Gasteiger partial charge in [0.25, 0.3) is 5.91 Å². The number of hydrogen-bond acceptors (Lipinski definition) is 4. The molecule has 1 aromatic heterocycles. The van der Waals surface area contributed by atoms with Crippen LogP contribution in [0.25, 0.3) is 10.2 Å². The summed E-state index contributed by atoms with van der Waals surface area (Å²) < 4.78 is 44.0. The summed E-state index contributed by atoms with van der Waals surface area (Å²) in [6.07, 6.45) is 3.41. The minimum Gasteiger partial charge on any atom is -0.317 e. The number of nitrogens with zero attached hydrogens (tertiary/aromatic N) is 3. The number of para-hydroxylation sites is 1. The predicted molar refractivity (Wildman–Crippen MR) is 126 cm³/mol. The maximum Gasteiger partial charge on any atom is 0.279 e. The lowest BCUT2D eigenvalue weighted by molar-refractivity contribution is 0.0998. The molecule has 3 aromatic rings. The predicted octanol–water partition coefficient (Wildman–Crippen LogP) is 4.71. The van der Waals surface area contributed by atoms with E-state index < -0.39 is 15.9 Å². The van der Waals surface area contributed by atoms with Crippen LogP contribution in [0.1, 0.15) is 49.9 Å². The summed E-state index contributed by atoms with van der Waals surface area (Å²) in [6.45, 7) is 5.01. The molecule has 0 aliphatic rings. The quantitative estimate of drug-likeness (QED) is 0.448. The van der Waals surface area contributed by atoms with Gasteiger partial charge in [0.1, 0.15) is 5.82 Å². The van der Waals surface area contributed by atoms with Crippen molar-refractivity contribution in [1.29, 1.82) is 0 Å². The molecule has 1 amide bonds. The second-order valence-electron chi connectivity index (χ2n) is 7.58. The number of thiazole rings is 1. The smallest absolute Gasteiger partial charge is 0.279 e. The Kier molecular flexibility index (Phi) is 7.97. The fourth-order valence-electron chi connectivity index (χ4n) is 3.35. The first-order chi connectivity index (χ1) is 15.3. The number of carbonyl (C=O) groups is 1. The molecule has 6 nitrogen and oxygen atoms in total. The van der Waals surface area contributed by atoms with Crippen molar-refractivity contribution in [2.45, 2.75) is 44.4 Å². The first-order valence-electron chi connectivity index (χ1n) is 10.7. The molecule has 0 spiro atoms. The average molecular weight is 478 g/mol. The molecule has 9 heteroatoms. The average Bonchev–Trinajstić information content (AvgIpc) is 3.10. The van der Waals surface area contributed by atoms with Crippen LogP contribution in [0, 0.1) is 5.82 Å². The molecule has 0 saturated heterocycles. The van der Waals surface area contributed by atoms with E-state index in [0.29, 0.717) is 28.1 Å². The highest BCUT2D eigenvalue weighted by atomic mass is 32.2. The van der Waals surface area contributed by atoms with E-state index in [2.05, 4.69) is 4.99 Å². The first kappa shape index (κ1) is 24.3. The zero-order valence-corrected chi connectivity index (χ0v) is 20.2. The van der Waals surface area contributed by atoms with Crippen LogP contribution in [0.15, 0.2) is 52.4 Å². The normalized spacial score (nSPS) is 12.7. The SMILES string of the molecule is CCCCN(CCCC)S(=O)(=O)c1ccc(C(=O)N=c2sc3cccc(F)c3n2C)cc1. The Bertz CT molecular complexity index is 1250. The first-order valence-corrected chi connectivity index (χ1v) is 13.0. The van der Waals surface area contributed by atoms with E-state index in [1.165, 1.54) is 46.0 Å². The summed E-state index contributed by atoms with van der Waals surface area (Å²) in [5.41, 5.74) is 0.667. The van der Waals surface area contributed by atoms with Crippen molar-refractivity contribution >= 4 is 37.5 Å². The number of halogens is 1. The van der Waals surface area contributed by atoms with E-state index in [4.69, 9.17) is 0 Å². The van der Waals surface area contributed by atoms with Gasteiger partial charge >= 0.3 is 0 Å². The maximum absolute atomic E-state index is 14.1. The lowest BCUT2D eigenvalue weighted by Gasteiger charge is -2.22. The van der Waals surface area contributed by atoms with Crippen LogP contribution < -0.4 is 4.80 Å². The molecule has 0 unspecified atom stereocenters. The fraction of sp³-hybridized carbons (Fsp3) is 0.391. The second kappa shape index (κ2) is 10.5. The van der Waals surface area contributed by atoms with Crippen molar-refractivity contribution < 1.29 is 17.6 Å². The van der Waals surface area contributed by atoms with Crippen LogP contribution in [0.4, 0.5) is 4.39 Å². The zero-order chi connectivity index (χ0) is 23.3. The third-order valence-corrected chi connectivity index (χ3v) is 8.24. The second-order valence-corrected chi connectivity index (χ2v) is 10.5. The van der Waals surface area contributed by atoms with E-state index >= 15 is 0 Å². The molecule has 3 rings (SSSR count). The van der Waals surface area contributed by atoms with Crippen LogP contribution in [-0.4, -0.2) is 36.3 Å². The van der Waals surface area contributed by atoms with E-state index in [1.807, 2.05) is 13.8 Å². The molecule has 172 valence electrons. The number of aryl methyl sites for hydroxylation is 1. The largest absolute Gasteiger partial charge is 0.317 e. The number of rotatable bonds is 9. The molecule has 0 atom stereocenters. The molecule has 0 fully saturated rings. The number of fused-ring (bicyclic) bond motifs is 1. The van der Waals surface area contributed by atoms with E-state index in [9.17, 15) is 17.6 Å². The number of benzene rings is 2. The Balaban J connectivity index is 1.88. The van der Waals surface area contributed by atoms with Crippen LogP contribution in [-0.2, 0) is 17.1 Å². The van der Waals surface area contributed by atoms with Gasteiger partial charge < -0.3 is 4.57 Å². The number of carbonyl (C=O) groups excluding carboxylic acids is 1. The van der Waals surface area contributed by atoms with Crippen LogP contribution in [0.3, 0.4) is 0 Å². The molecule has 0 N–H and O–H groups in total. The van der Waals surface area contributed by atoms with Gasteiger partial charge in [-0.15, -0.1) is 0 Å². The standard InChI is InChI=1S/C23H28FN3O3S2/c1-4-6-15-27(16-7-5-2)32(29,30)18-13-11-17(12-14-18)22(28)25-23-26(3)21-19(24)9-8-10-20(21)31-23/h8-14H,4-7,15-16H2,1-3H3. The summed E-state index contributed by atoms with van der Waals surface area (Å²) in [4.78, 5) is 17.3. The van der Waals surface area contributed by atoms with Gasteiger partial charge in [-0.3, -0.25) is 4.79 Å². The maximum atomic E-state index is 14.1. The molecule has 0 aliphatic carbocycles. The van der Waals surface area contributed by atoms with Gasteiger partial charge in [0.15, 0.2) is 4.80 Å². The molecule has 0 radical (unpaired) electrons. The highest BCUT2D eigenvalue weighted by Gasteiger charge is 2.23.